The van der Waals surface area contributed by atoms with Gasteiger partial charge in [-0.05, 0) is 147 Å². The van der Waals surface area contributed by atoms with Gasteiger partial charge in [-0.2, -0.15) is 0 Å². The first kappa shape index (κ1) is 39.8. The Morgan fingerprint density at radius 3 is 2.21 bits per heavy atom. The molecular formula is C50H65NO7. The van der Waals surface area contributed by atoms with Gasteiger partial charge in [0.15, 0.2) is 17.3 Å². The summed E-state index contributed by atoms with van der Waals surface area (Å²) in [5.41, 5.74) is -0.193. The first-order valence-electron chi connectivity index (χ1n) is 22.1. The van der Waals surface area contributed by atoms with E-state index in [0.717, 1.165) is 55.6 Å². The van der Waals surface area contributed by atoms with E-state index in [0.29, 0.717) is 54.0 Å². The van der Waals surface area contributed by atoms with E-state index in [1.165, 1.54) is 12.8 Å². The Morgan fingerprint density at radius 1 is 0.810 bits per heavy atom. The number of nitrogens with zero attached hydrogens (tertiary/aromatic N) is 1. The topological polar surface area (TPSA) is 106 Å². The predicted molar refractivity (Wildman–Crippen MR) is 224 cm³/mol. The number of aliphatic hydroxyl groups excluding tert-OH is 1. The molecule has 1 amide bonds. The Labute approximate surface area is 345 Å². The van der Waals surface area contributed by atoms with Gasteiger partial charge in [0.1, 0.15) is 5.75 Å². The van der Waals surface area contributed by atoms with Crippen molar-refractivity contribution in [2.45, 2.75) is 110 Å². The monoisotopic (exact) mass is 791 g/mol. The Hall–Kier alpha value is -3.62. The number of ketones is 1. The van der Waals surface area contributed by atoms with E-state index in [1.54, 1.807) is 21.3 Å². The summed E-state index contributed by atoms with van der Waals surface area (Å²) in [6.45, 7) is 10.4. The molecule has 6 saturated carbocycles. The second kappa shape index (κ2) is 13.7. The number of carbonyl (C=O) groups is 2. The summed E-state index contributed by atoms with van der Waals surface area (Å²) in [6.07, 6.45) is 15.7. The highest BCUT2D eigenvalue weighted by molar-refractivity contribution is 6.10. The molecular weight excluding hydrogens is 727 g/mol. The minimum atomic E-state index is -1.14. The van der Waals surface area contributed by atoms with Gasteiger partial charge in [-0.15, -0.1) is 0 Å². The third-order valence-corrected chi connectivity index (χ3v) is 18.4. The standard InChI is InChI=1S/C50H65NO7/c1-45(2)34-12-9-33(37(45)26-34)29-51(43(53)25-31-8-15-39(57-6)40(24-31)58-7)30-49(55)21-18-42-47(49,4)20-17-41-46(3)19-16-35(52)27-48(46)22-23-50(41,42)38(28-48)44(54)32-10-13-36(56-5)14-11-32/h8,10-11,13-15,22-24,28,33-35,37,41-42,52,55H,9,12,16-21,25-27,29-30H2,1-7H3. The Morgan fingerprint density at radius 2 is 1.52 bits per heavy atom. The maximum atomic E-state index is 15.0. The number of allylic oxidation sites excluding steroid dienone is 4. The third kappa shape index (κ3) is 5.51. The number of Topliss-reactive ketones (excluding diaryl/α,β-unsaturated/α-hetero) is 1. The van der Waals surface area contributed by atoms with Gasteiger partial charge in [-0.3, -0.25) is 9.59 Å². The lowest BCUT2D eigenvalue weighted by molar-refractivity contribution is -0.180. The summed E-state index contributed by atoms with van der Waals surface area (Å²) in [6, 6.07) is 13.2. The van der Waals surface area contributed by atoms with Crippen molar-refractivity contribution in [1.82, 2.24) is 4.90 Å². The molecule has 11 rings (SSSR count). The van der Waals surface area contributed by atoms with Crippen LogP contribution >= 0.6 is 0 Å². The van der Waals surface area contributed by atoms with E-state index in [4.69, 9.17) is 14.2 Å². The number of aliphatic hydroxyl groups is 2. The molecule has 6 fully saturated rings. The lowest BCUT2D eigenvalue weighted by Crippen LogP contribution is -2.67. The largest absolute Gasteiger partial charge is 0.497 e. The summed E-state index contributed by atoms with van der Waals surface area (Å²) in [7, 11) is 4.87. The van der Waals surface area contributed by atoms with Gasteiger partial charge in [0.05, 0.1) is 39.5 Å². The number of carbonyl (C=O) groups excluding carboxylic acids is 2. The fourth-order valence-electron chi connectivity index (χ4n) is 14.8. The number of hydrogen-bond acceptors (Lipinski definition) is 7. The van der Waals surface area contributed by atoms with Crippen LogP contribution in [0, 0.1) is 56.7 Å². The Bertz CT molecular complexity index is 2040. The zero-order valence-corrected chi connectivity index (χ0v) is 35.8. The molecule has 2 spiro atoms. The molecule has 4 bridgehead atoms. The van der Waals surface area contributed by atoms with Crippen LogP contribution in [0.1, 0.15) is 108 Å². The molecule has 2 aromatic carbocycles. The highest BCUT2D eigenvalue weighted by atomic mass is 16.5. The van der Waals surface area contributed by atoms with Crippen molar-refractivity contribution in [2.24, 2.45) is 56.7 Å². The molecule has 9 aliphatic rings. The highest BCUT2D eigenvalue weighted by Gasteiger charge is 2.74. The minimum absolute atomic E-state index is 0.000714. The van der Waals surface area contributed by atoms with Gasteiger partial charge < -0.3 is 29.3 Å². The normalized spacial score (nSPS) is 40.0. The van der Waals surface area contributed by atoms with Crippen LogP contribution in [0.2, 0.25) is 0 Å². The summed E-state index contributed by atoms with van der Waals surface area (Å²) >= 11 is 0. The molecule has 9 aliphatic carbocycles. The quantitative estimate of drug-likeness (QED) is 0.174. The maximum Gasteiger partial charge on any atom is 0.227 e. The second-order valence-corrected chi connectivity index (χ2v) is 20.7. The van der Waals surface area contributed by atoms with Crippen molar-refractivity contribution in [2.75, 3.05) is 34.4 Å². The zero-order chi connectivity index (χ0) is 41.0. The fraction of sp³-hybridized carbons (Fsp3) is 0.640. The van der Waals surface area contributed by atoms with Crippen molar-refractivity contribution in [3.05, 3.63) is 77.4 Å². The van der Waals surface area contributed by atoms with E-state index in [2.05, 4.69) is 45.9 Å². The average molecular weight is 792 g/mol. The SMILES string of the molecule is COc1ccc(C(=O)C2=CC34C=CC25C(CCC2(C)C5CCC2(O)CN(CC2CCC5CC2C5(C)C)C(=O)Cc2ccc(OC)c(OC)c2)C3(C)CCC(O)C4)cc1. The first-order chi connectivity index (χ1) is 27.6. The van der Waals surface area contributed by atoms with E-state index in [1.807, 2.05) is 47.4 Å². The van der Waals surface area contributed by atoms with Crippen LogP contribution in [-0.4, -0.2) is 72.9 Å². The van der Waals surface area contributed by atoms with Gasteiger partial charge in [0, 0.05) is 40.5 Å². The van der Waals surface area contributed by atoms with Gasteiger partial charge in [0.25, 0.3) is 0 Å². The summed E-state index contributed by atoms with van der Waals surface area (Å²) in [5, 5.41) is 24.6. The molecule has 58 heavy (non-hydrogen) atoms. The van der Waals surface area contributed by atoms with Crippen LogP contribution in [0.25, 0.3) is 0 Å². The Kier molecular flexibility index (Phi) is 9.41. The molecule has 2 aromatic rings. The molecule has 8 nitrogen and oxygen atoms in total. The van der Waals surface area contributed by atoms with Crippen molar-refractivity contribution in [3.8, 4) is 17.2 Å². The first-order valence-corrected chi connectivity index (χ1v) is 22.1. The highest BCUT2D eigenvalue weighted by Crippen LogP contribution is 2.78. The third-order valence-electron chi connectivity index (χ3n) is 18.4. The van der Waals surface area contributed by atoms with Crippen molar-refractivity contribution < 1.29 is 34.0 Å². The second-order valence-electron chi connectivity index (χ2n) is 20.7. The number of fused-ring (bicyclic) bond motifs is 3. The molecule has 8 heteroatoms. The van der Waals surface area contributed by atoms with Crippen LogP contribution in [0.5, 0.6) is 17.2 Å². The van der Waals surface area contributed by atoms with Crippen LogP contribution in [0.3, 0.4) is 0 Å². The van der Waals surface area contributed by atoms with Gasteiger partial charge in [0.2, 0.25) is 5.91 Å². The number of amides is 1. The van der Waals surface area contributed by atoms with E-state index < -0.39 is 27.9 Å². The zero-order valence-electron chi connectivity index (χ0n) is 35.8. The lowest BCUT2D eigenvalue weighted by Gasteiger charge is -2.71. The molecule has 11 unspecified atom stereocenters. The molecule has 2 N–H and O–H groups in total. The summed E-state index contributed by atoms with van der Waals surface area (Å²) < 4.78 is 16.6. The van der Waals surface area contributed by atoms with Crippen molar-refractivity contribution >= 4 is 11.7 Å². The number of ether oxygens (including phenoxy) is 3. The maximum absolute atomic E-state index is 15.0. The smallest absolute Gasteiger partial charge is 0.227 e. The fourth-order valence-corrected chi connectivity index (χ4v) is 14.8. The average Bonchev–Trinajstić information content (AvgIpc) is 3.49. The molecule has 312 valence electrons. The van der Waals surface area contributed by atoms with E-state index in [9.17, 15) is 15.0 Å². The molecule has 0 aliphatic heterocycles. The minimum Gasteiger partial charge on any atom is -0.497 e. The number of hydrogen-bond donors (Lipinski definition) is 2. The van der Waals surface area contributed by atoms with Crippen LogP contribution in [0.15, 0.2) is 66.3 Å². The molecule has 0 heterocycles. The summed E-state index contributed by atoms with van der Waals surface area (Å²) in [4.78, 5) is 31.9. The molecule has 0 radical (unpaired) electrons. The number of methoxy groups -OCH3 is 3. The van der Waals surface area contributed by atoms with Crippen LogP contribution in [0.4, 0.5) is 0 Å². The van der Waals surface area contributed by atoms with Gasteiger partial charge in [-0.25, -0.2) is 0 Å². The van der Waals surface area contributed by atoms with Crippen molar-refractivity contribution in [1.29, 1.82) is 0 Å². The predicted octanol–water partition coefficient (Wildman–Crippen LogP) is 8.63. The number of benzene rings is 2. The van der Waals surface area contributed by atoms with E-state index in [-0.39, 0.29) is 47.3 Å². The van der Waals surface area contributed by atoms with Crippen LogP contribution in [-0.2, 0) is 11.2 Å². The Balaban J connectivity index is 1.08. The number of rotatable bonds is 11. The van der Waals surface area contributed by atoms with Gasteiger partial charge >= 0.3 is 0 Å². The molecule has 0 saturated heterocycles. The molecule has 11 atom stereocenters. The van der Waals surface area contributed by atoms with E-state index >= 15 is 4.79 Å². The lowest BCUT2D eigenvalue weighted by atomic mass is 9.32. The van der Waals surface area contributed by atoms with Crippen LogP contribution < -0.4 is 14.2 Å². The summed E-state index contributed by atoms with van der Waals surface area (Å²) in [5.74, 6) is 3.90. The molecule has 0 aromatic heterocycles. The van der Waals surface area contributed by atoms with Crippen molar-refractivity contribution in [3.63, 3.8) is 0 Å². The van der Waals surface area contributed by atoms with Gasteiger partial charge in [-0.1, -0.05) is 52.0 Å².